The highest BCUT2D eigenvalue weighted by molar-refractivity contribution is 9.10. The van der Waals surface area contributed by atoms with Crippen LogP contribution >= 0.6 is 15.9 Å². The molecule has 2 aromatic rings. The van der Waals surface area contributed by atoms with Gasteiger partial charge in [0, 0.05) is 10.9 Å². The fourth-order valence-corrected chi connectivity index (χ4v) is 2.07. The number of aromatic carboxylic acids is 1. The van der Waals surface area contributed by atoms with Crippen molar-refractivity contribution < 1.29 is 19.4 Å². The summed E-state index contributed by atoms with van der Waals surface area (Å²) >= 11 is 3.33. The monoisotopic (exact) mass is 348 g/mol. The van der Waals surface area contributed by atoms with Gasteiger partial charge in [0.1, 0.15) is 17.9 Å². The third-order valence-corrected chi connectivity index (χ3v) is 3.35. The van der Waals surface area contributed by atoms with Crippen molar-refractivity contribution in [3.63, 3.8) is 0 Å². The van der Waals surface area contributed by atoms with Crippen LogP contribution in [0.15, 0.2) is 53.0 Å². The normalized spacial score (nSPS) is 10.1. The summed E-state index contributed by atoms with van der Waals surface area (Å²) < 4.78 is 6.27. The molecule has 4 nitrogen and oxygen atoms in total. The van der Waals surface area contributed by atoms with Gasteiger partial charge < -0.3 is 9.84 Å². The lowest BCUT2D eigenvalue weighted by Gasteiger charge is -2.08. The van der Waals surface area contributed by atoms with Gasteiger partial charge >= 0.3 is 5.97 Å². The molecule has 0 aliphatic rings. The molecule has 21 heavy (non-hydrogen) atoms. The van der Waals surface area contributed by atoms with E-state index in [-0.39, 0.29) is 30.1 Å². The molecule has 5 heteroatoms. The topological polar surface area (TPSA) is 63.6 Å². The van der Waals surface area contributed by atoms with Crippen LogP contribution < -0.4 is 4.74 Å². The van der Waals surface area contributed by atoms with Crippen molar-refractivity contribution >= 4 is 27.7 Å². The molecule has 108 valence electrons. The van der Waals surface area contributed by atoms with Crippen LogP contribution in [0.3, 0.4) is 0 Å². The summed E-state index contributed by atoms with van der Waals surface area (Å²) in [7, 11) is 0. The molecule has 0 radical (unpaired) electrons. The van der Waals surface area contributed by atoms with Gasteiger partial charge in [-0.25, -0.2) is 4.79 Å². The number of Topliss-reactive ketones (excluding diaryl/α,β-unsaturated/α-hetero) is 1. The van der Waals surface area contributed by atoms with Crippen molar-refractivity contribution in [1.82, 2.24) is 0 Å². The molecule has 0 saturated heterocycles. The van der Waals surface area contributed by atoms with Gasteiger partial charge in [-0.2, -0.15) is 0 Å². The largest absolute Gasteiger partial charge is 0.485 e. The third-order valence-electron chi connectivity index (χ3n) is 2.82. The number of carbonyl (C=O) groups is 2. The van der Waals surface area contributed by atoms with Crippen molar-refractivity contribution in [3.8, 4) is 5.75 Å². The molecule has 0 amide bonds. The SMILES string of the molecule is O=C(COc1ccccc1C(=O)O)Cc1ccc(Br)cc1. The van der Waals surface area contributed by atoms with E-state index in [1.54, 1.807) is 12.1 Å². The maximum Gasteiger partial charge on any atom is 0.339 e. The number of hydrogen-bond donors (Lipinski definition) is 1. The van der Waals surface area contributed by atoms with Crippen LogP contribution in [0.2, 0.25) is 0 Å². The smallest absolute Gasteiger partial charge is 0.339 e. The first-order valence-corrected chi connectivity index (χ1v) is 7.07. The molecule has 0 heterocycles. The number of para-hydroxylation sites is 1. The van der Waals surface area contributed by atoms with Crippen molar-refractivity contribution in [1.29, 1.82) is 0 Å². The Balaban J connectivity index is 1.95. The molecule has 0 aliphatic heterocycles. The first-order chi connectivity index (χ1) is 10.1. The van der Waals surface area contributed by atoms with Crippen LogP contribution in [0.4, 0.5) is 0 Å². The lowest BCUT2D eigenvalue weighted by Crippen LogP contribution is -2.15. The molecule has 2 aromatic carbocycles. The minimum absolute atomic E-state index is 0.0499. The van der Waals surface area contributed by atoms with Crippen LogP contribution in [0.25, 0.3) is 0 Å². The third kappa shape index (κ3) is 4.43. The predicted molar refractivity (Wildman–Crippen MR) is 81.7 cm³/mol. The molecule has 0 unspecified atom stereocenters. The number of rotatable bonds is 6. The molecule has 1 N–H and O–H groups in total. The number of ether oxygens (including phenoxy) is 1. The molecule has 0 aromatic heterocycles. The first-order valence-electron chi connectivity index (χ1n) is 6.27. The molecular formula is C16H13BrO4. The van der Waals surface area contributed by atoms with E-state index >= 15 is 0 Å². The highest BCUT2D eigenvalue weighted by atomic mass is 79.9. The molecule has 0 aliphatic carbocycles. The standard InChI is InChI=1S/C16H13BrO4/c17-12-7-5-11(6-8-12)9-13(18)10-21-15-4-2-1-3-14(15)16(19)20/h1-8H,9-10H2,(H,19,20). The molecule has 0 fully saturated rings. The second-order valence-corrected chi connectivity index (χ2v) is 5.35. The zero-order valence-electron chi connectivity index (χ0n) is 11.1. The highest BCUT2D eigenvalue weighted by Crippen LogP contribution is 2.18. The second-order valence-electron chi connectivity index (χ2n) is 4.43. The Labute approximate surface area is 130 Å². The summed E-state index contributed by atoms with van der Waals surface area (Å²) in [6.07, 6.45) is 0.252. The zero-order chi connectivity index (χ0) is 15.2. The van der Waals surface area contributed by atoms with Gasteiger partial charge in [0.2, 0.25) is 0 Å². The van der Waals surface area contributed by atoms with E-state index in [9.17, 15) is 9.59 Å². The summed E-state index contributed by atoms with van der Waals surface area (Å²) in [6, 6.07) is 13.7. The van der Waals surface area contributed by atoms with Gasteiger partial charge in [0.05, 0.1) is 0 Å². The number of halogens is 1. The number of hydrogen-bond acceptors (Lipinski definition) is 3. The quantitative estimate of drug-likeness (QED) is 0.869. The van der Waals surface area contributed by atoms with Crippen molar-refractivity contribution in [2.75, 3.05) is 6.61 Å². The average Bonchev–Trinajstić information content (AvgIpc) is 2.48. The Hall–Kier alpha value is -2.14. The summed E-state index contributed by atoms with van der Waals surface area (Å²) in [4.78, 5) is 22.9. The minimum atomic E-state index is -1.08. The number of benzene rings is 2. The van der Waals surface area contributed by atoms with Crippen molar-refractivity contribution in [3.05, 3.63) is 64.1 Å². The van der Waals surface area contributed by atoms with Gasteiger partial charge in [0.15, 0.2) is 5.78 Å². The molecule has 0 atom stereocenters. The van der Waals surface area contributed by atoms with Crippen LogP contribution in [-0.2, 0) is 11.2 Å². The first kappa shape index (κ1) is 15.3. The highest BCUT2D eigenvalue weighted by Gasteiger charge is 2.12. The Morgan fingerprint density at radius 2 is 1.71 bits per heavy atom. The van der Waals surface area contributed by atoms with Gasteiger partial charge in [-0.15, -0.1) is 0 Å². The lowest BCUT2D eigenvalue weighted by molar-refractivity contribution is -0.120. The summed E-state index contributed by atoms with van der Waals surface area (Å²) in [5, 5.41) is 9.02. The van der Waals surface area contributed by atoms with E-state index in [0.29, 0.717) is 0 Å². The van der Waals surface area contributed by atoms with Crippen LogP contribution in [0, 0.1) is 0 Å². The second kappa shape index (κ2) is 7.04. The Kier molecular flexibility index (Phi) is 5.11. The summed E-state index contributed by atoms with van der Waals surface area (Å²) in [6.45, 7) is -0.152. The van der Waals surface area contributed by atoms with E-state index in [4.69, 9.17) is 9.84 Å². The van der Waals surface area contributed by atoms with Crippen LogP contribution in [-0.4, -0.2) is 23.5 Å². The van der Waals surface area contributed by atoms with E-state index in [1.165, 1.54) is 12.1 Å². The van der Waals surface area contributed by atoms with Gasteiger partial charge in [-0.1, -0.05) is 40.2 Å². The van der Waals surface area contributed by atoms with Crippen LogP contribution in [0.5, 0.6) is 5.75 Å². The maximum absolute atomic E-state index is 11.9. The molecular weight excluding hydrogens is 336 g/mol. The average molecular weight is 349 g/mol. The van der Waals surface area contributed by atoms with Crippen molar-refractivity contribution in [2.45, 2.75) is 6.42 Å². The molecule has 0 saturated carbocycles. The van der Waals surface area contributed by atoms with Crippen LogP contribution in [0.1, 0.15) is 15.9 Å². The summed E-state index contributed by atoms with van der Waals surface area (Å²) in [5.41, 5.74) is 0.937. The van der Waals surface area contributed by atoms with E-state index in [1.807, 2.05) is 24.3 Å². The molecule has 0 spiro atoms. The van der Waals surface area contributed by atoms with E-state index in [2.05, 4.69) is 15.9 Å². The Bertz CT molecular complexity index is 650. The molecule has 2 rings (SSSR count). The summed E-state index contributed by atoms with van der Waals surface area (Å²) in [5.74, 6) is -0.988. The lowest BCUT2D eigenvalue weighted by atomic mass is 10.1. The zero-order valence-corrected chi connectivity index (χ0v) is 12.7. The Morgan fingerprint density at radius 1 is 1.05 bits per heavy atom. The fraction of sp³-hybridized carbons (Fsp3) is 0.125. The van der Waals surface area contributed by atoms with E-state index in [0.717, 1.165) is 10.0 Å². The minimum Gasteiger partial charge on any atom is -0.485 e. The number of ketones is 1. The van der Waals surface area contributed by atoms with Crippen molar-refractivity contribution in [2.24, 2.45) is 0 Å². The van der Waals surface area contributed by atoms with Gasteiger partial charge in [0.25, 0.3) is 0 Å². The Morgan fingerprint density at radius 3 is 2.38 bits per heavy atom. The van der Waals surface area contributed by atoms with E-state index < -0.39 is 5.97 Å². The number of carboxylic acid groups (broad SMARTS) is 1. The van der Waals surface area contributed by atoms with Gasteiger partial charge in [-0.3, -0.25) is 4.79 Å². The maximum atomic E-state index is 11.9. The predicted octanol–water partition coefficient (Wildman–Crippen LogP) is 3.34. The fourth-order valence-electron chi connectivity index (χ4n) is 1.81. The molecule has 0 bridgehead atoms. The number of carboxylic acids is 1. The number of carbonyl (C=O) groups excluding carboxylic acids is 1. The van der Waals surface area contributed by atoms with Gasteiger partial charge in [-0.05, 0) is 29.8 Å².